The zero-order valence-corrected chi connectivity index (χ0v) is 17.2. The number of aromatic nitrogens is 2. The number of anilines is 1. The fraction of sp³-hybridized carbons (Fsp3) is 0.292. The summed E-state index contributed by atoms with van der Waals surface area (Å²) in [6, 6.07) is 20.4. The van der Waals surface area contributed by atoms with Crippen molar-refractivity contribution in [2.24, 2.45) is 0 Å². The maximum atomic E-state index is 12.9. The molecular formula is C24H27N5O. The molecule has 0 bridgehead atoms. The van der Waals surface area contributed by atoms with Crippen LogP contribution in [-0.2, 0) is 6.42 Å². The standard InChI is InChI=1S/C24H27N5O/c1-28(16-12-19-10-13-25-14-11-19)24(30)21-8-5-9-23(27-21)29-17-15-26-22(18-29)20-6-3-2-4-7-20/h2-11,13-14,22,26H,12,15-18H2,1H3/t22-/m0/s1. The molecule has 1 N–H and O–H groups in total. The van der Waals surface area contributed by atoms with Crippen molar-refractivity contribution in [1.29, 1.82) is 0 Å². The van der Waals surface area contributed by atoms with Gasteiger partial charge in [-0.25, -0.2) is 4.98 Å². The van der Waals surface area contributed by atoms with Crippen molar-refractivity contribution in [3.05, 3.63) is 89.9 Å². The highest BCUT2D eigenvalue weighted by molar-refractivity contribution is 5.92. The molecule has 4 rings (SSSR count). The molecule has 1 fully saturated rings. The van der Waals surface area contributed by atoms with E-state index in [0.29, 0.717) is 12.2 Å². The Morgan fingerprint density at radius 3 is 2.70 bits per heavy atom. The van der Waals surface area contributed by atoms with E-state index < -0.39 is 0 Å². The van der Waals surface area contributed by atoms with Crippen LogP contribution in [-0.4, -0.2) is 54.0 Å². The number of likely N-dealkylation sites (N-methyl/N-ethyl adjacent to an activating group) is 1. The van der Waals surface area contributed by atoms with Crippen molar-refractivity contribution in [1.82, 2.24) is 20.2 Å². The van der Waals surface area contributed by atoms with Crippen LogP contribution < -0.4 is 10.2 Å². The molecule has 0 saturated carbocycles. The molecule has 1 amide bonds. The van der Waals surface area contributed by atoms with Gasteiger partial charge in [-0.05, 0) is 41.8 Å². The van der Waals surface area contributed by atoms with Crippen LogP contribution in [0.3, 0.4) is 0 Å². The van der Waals surface area contributed by atoms with Crippen molar-refractivity contribution in [3.63, 3.8) is 0 Å². The number of hydrogen-bond donors (Lipinski definition) is 1. The molecule has 1 saturated heterocycles. The van der Waals surface area contributed by atoms with E-state index >= 15 is 0 Å². The number of hydrogen-bond acceptors (Lipinski definition) is 5. The molecule has 1 aliphatic rings. The third-order valence-corrected chi connectivity index (χ3v) is 5.49. The smallest absolute Gasteiger partial charge is 0.272 e. The molecule has 0 unspecified atom stereocenters. The minimum absolute atomic E-state index is 0.0550. The second kappa shape index (κ2) is 9.50. The van der Waals surface area contributed by atoms with Gasteiger partial charge in [0.05, 0.1) is 0 Å². The largest absolute Gasteiger partial charge is 0.353 e. The SMILES string of the molecule is CN(CCc1ccncc1)C(=O)c1cccc(N2CCN[C@H](c3ccccc3)C2)n1. The lowest BCUT2D eigenvalue weighted by atomic mass is 10.0. The third kappa shape index (κ3) is 4.83. The minimum Gasteiger partial charge on any atom is -0.353 e. The topological polar surface area (TPSA) is 61.4 Å². The lowest BCUT2D eigenvalue weighted by Gasteiger charge is -2.35. The molecule has 3 heterocycles. The van der Waals surface area contributed by atoms with E-state index in [-0.39, 0.29) is 11.9 Å². The van der Waals surface area contributed by atoms with Gasteiger partial charge < -0.3 is 15.1 Å². The first-order chi connectivity index (χ1) is 14.7. The molecule has 1 aliphatic heterocycles. The first-order valence-electron chi connectivity index (χ1n) is 10.4. The van der Waals surface area contributed by atoms with E-state index in [0.717, 1.165) is 31.9 Å². The van der Waals surface area contributed by atoms with Crippen LogP contribution in [0.1, 0.15) is 27.7 Å². The highest BCUT2D eigenvalue weighted by Crippen LogP contribution is 2.21. The Kier molecular flexibility index (Phi) is 6.35. The van der Waals surface area contributed by atoms with Crippen molar-refractivity contribution in [3.8, 4) is 0 Å². The van der Waals surface area contributed by atoms with Crippen molar-refractivity contribution in [2.45, 2.75) is 12.5 Å². The van der Waals surface area contributed by atoms with Crippen molar-refractivity contribution >= 4 is 11.7 Å². The average Bonchev–Trinajstić information content (AvgIpc) is 2.83. The average molecular weight is 402 g/mol. The number of piperazine rings is 1. The second-order valence-electron chi connectivity index (χ2n) is 7.58. The Morgan fingerprint density at radius 2 is 1.90 bits per heavy atom. The quantitative estimate of drug-likeness (QED) is 0.688. The van der Waals surface area contributed by atoms with Gasteiger partial charge in [0.15, 0.2) is 0 Å². The summed E-state index contributed by atoms with van der Waals surface area (Å²) >= 11 is 0. The van der Waals surface area contributed by atoms with Crippen LogP contribution in [0.15, 0.2) is 73.1 Å². The molecular weight excluding hydrogens is 374 g/mol. The van der Waals surface area contributed by atoms with E-state index in [1.165, 1.54) is 11.1 Å². The van der Waals surface area contributed by atoms with E-state index in [1.54, 1.807) is 23.4 Å². The van der Waals surface area contributed by atoms with Gasteiger partial charge in [0.1, 0.15) is 11.5 Å². The zero-order valence-electron chi connectivity index (χ0n) is 17.2. The van der Waals surface area contributed by atoms with Gasteiger partial charge in [0, 0.05) is 51.7 Å². The summed E-state index contributed by atoms with van der Waals surface area (Å²) in [6.07, 6.45) is 4.34. The Hall–Kier alpha value is -3.25. The van der Waals surface area contributed by atoms with E-state index in [2.05, 4.69) is 39.5 Å². The summed E-state index contributed by atoms with van der Waals surface area (Å²) in [6.45, 7) is 3.21. The highest BCUT2D eigenvalue weighted by Gasteiger charge is 2.22. The molecule has 1 aromatic carbocycles. The molecule has 6 nitrogen and oxygen atoms in total. The number of nitrogens with one attached hydrogen (secondary N) is 1. The fourth-order valence-corrected chi connectivity index (χ4v) is 3.73. The van der Waals surface area contributed by atoms with Gasteiger partial charge >= 0.3 is 0 Å². The van der Waals surface area contributed by atoms with Gasteiger partial charge in [-0.3, -0.25) is 9.78 Å². The number of pyridine rings is 2. The predicted molar refractivity (Wildman–Crippen MR) is 119 cm³/mol. The van der Waals surface area contributed by atoms with E-state index in [4.69, 9.17) is 4.98 Å². The van der Waals surface area contributed by atoms with Crippen LogP contribution in [0.4, 0.5) is 5.82 Å². The molecule has 2 aromatic heterocycles. The third-order valence-electron chi connectivity index (χ3n) is 5.49. The van der Waals surface area contributed by atoms with Crippen LogP contribution in [0.25, 0.3) is 0 Å². The Balaban J connectivity index is 1.42. The number of carbonyl (C=O) groups is 1. The maximum absolute atomic E-state index is 12.9. The molecule has 0 radical (unpaired) electrons. The monoisotopic (exact) mass is 401 g/mol. The summed E-state index contributed by atoms with van der Waals surface area (Å²) in [4.78, 5) is 25.6. The van der Waals surface area contributed by atoms with Gasteiger partial charge in [-0.1, -0.05) is 36.4 Å². The lowest BCUT2D eigenvalue weighted by Crippen LogP contribution is -2.46. The van der Waals surface area contributed by atoms with Gasteiger partial charge in [-0.15, -0.1) is 0 Å². The van der Waals surface area contributed by atoms with Crippen LogP contribution in [0.2, 0.25) is 0 Å². The first-order valence-corrected chi connectivity index (χ1v) is 10.4. The van der Waals surface area contributed by atoms with E-state index in [1.807, 2.05) is 37.4 Å². The molecule has 6 heteroatoms. The summed E-state index contributed by atoms with van der Waals surface area (Å²) < 4.78 is 0. The molecule has 0 aliphatic carbocycles. The molecule has 3 aromatic rings. The van der Waals surface area contributed by atoms with Crippen LogP contribution >= 0.6 is 0 Å². The van der Waals surface area contributed by atoms with Crippen molar-refractivity contribution in [2.75, 3.05) is 38.1 Å². The summed E-state index contributed by atoms with van der Waals surface area (Å²) in [7, 11) is 1.83. The zero-order chi connectivity index (χ0) is 20.8. The fourth-order valence-electron chi connectivity index (χ4n) is 3.73. The van der Waals surface area contributed by atoms with E-state index in [9.17, 15) is 4.79 Å². The molecule has 0 spiro atoms. The Labute approximate surface area is 177 Å². The summed E-state index contributed by atoms with van der Waals surface area (Å²) in [5, 5.41) is 3.57. The first kappa shape index (κ1) is 20.0. The van der Waals surface area contributed by atoms with Gasteiger partial charge in [-0.2, -0.15) is 0 Å². The van der Waals surface area contributed by atoms with Gasteiger partial charge in [0.2, 0.25) is 0 Å². The Bertz CT molecular complexity index is 964. The minimum atomic E-state index is -0.0550. The molecule has 1 atom stereocenters. The molecule has 154 valence electrons. The summed E-state index contributed by atoms with van der Waals surface area (Å²) in [5.41, 5.74) is 2.92. The van der Waals surface area contributed by atoms with Crippen LogP contribution in [0, 0.1) is 0 Å². The number of benzene rings is 1. The Morgan fingerprint density at radius 1 is 1.10 bits per heavy atom. The predicted octanol–water partition coefficient (Wildman–Crippen LogP) is 2.94. The second-order valence-corrected chi connectivity index (χ2v) is 7.58. The summed E-state index contributed by atoms with van der Waals surface area (Å²) in [5.74, 6) is 0.798. The number of rotatable bonds is 6. The maximum Gasteiger partial charge on any atom is 0.272 e. The van der Waals surface area contributed by atoms with Crippen molar-refractivity contribution < 1.29 is 4.79 Å². The lowest BCUT2D eigenvalue weighted by molar-refractivity contribution is 0.0791. The van der Waals surface area contributed by atoms with Crippen LogP contribution in [0.5, 0.6) is 0 Å². The number of amides is 1. The normalized spacial score (nSPS) is 16.3. The highest BCUT2D eigenvalue weighted by atomic mass is 16.2. The number of carbonyl (C=O) groups excluding carboxylic acids is 1. The molecule has 30 heavy (non-hydrogen) atoms. The number of nitrogens with zero attached hydrogens (tertiary/aromatic N) is 4. The van der Waals surface area contributed by atoms with Gasteiger partial charge in [0.25, 0.3) is 5.91 Å².